The van der Waals surface area contributed by atoms with Crippen LogP contribution in [0.3, 0.4) is 0 Å². The molecule has 0 aromatic heterocycles. The highest BCUT2D eigenvalue weighted by Gasteiger charge is 2.29. The Hall–Kier alpha value is -0.740. The number of ether oxygens (including phenoxy) is 1. The fraction of sp³-hybridized carbons (Fsp3) is 0.667. The first kappa shape index (κ1) is 7.37. The predicted molar refractivity (Wildman–Crippen MR) is 35.3 cm³/mol. The standard InChI is InChI=1S/C6H11NO3/c1-3-5(7)6(9)4(2-8)10-3/h3,5,8-9H,2,7H2,1H3/t3-,5?/m0/s1. The van der Waals surface area contributed by atoms with Crippen molar-refractivity contribution in [3.05, 3.63) is 11.5 Å². The fourth-order valence-electron chi connectivity index (χ4n) is 0.885. The van der Waals surface area contributed by atoms with Gasteiger partial charge in [-0.15, -0.1) is 0 Å². The minimum atomic E-state index is -0.484. The minimum absolute atomic E-state index is 0.0324. The van der Waals surface area contributed by atoms with E-state index in [1.54, 1.807) is 6.92 Å². The number of aliphatic hydroxyl groups is 2. The molecule has 0 radical (unpaired) electrons. The molecule has 0 spiro atoms. The maximum atomic E-state index is 9.10. The first-order valence-corrected chi connectivity index (χ1v) is 3.12. The van der Waals surface area contributed by atoms with Crippen LogP contribution in [0.5, 0.6) is 0 Å². The zero-order valence-corrected chi connectivity index (χ0v) is 5.74. The first-order chi connectivity index (χ1) is 4.66. The summed E-state index contributed by atoms with van der Waals surface area (Å²) in [7, 11) is 0. The van der Waals surface area contributed by atoms with Gasteiger partial charge in [-0.2, -0.15) is 0 Å². The van der Waals surface area contributed by atoms with Gasteiger partial charge in [-0.25, -0.2) is 0 Å². The summed E-state index contributed by atoms with van der Waals surface area (Å²) in [5, 5.41) is 17.7. The molecule has 1 aliphatic heterocycles. The summed E-state index contributed by atoms with van der Waals surface area (Å²) >= 11 is 0. The Balaban J connectivity index is 2.73. The minimum Gasteiger partial charge on any atom is -0.507 e. The summed E-state index contributed by atoms with van der Waals surface area (Å²) in [6.45, 7) is 1.45. The van der Waals surface area contributed by atoms with Crippen molar-refractivity contribution in [3.8, 4) is 0 Å². The lowest BCUT2D eigenvalue weighted by molar-refractivity contribution is 0.119. The van der Waals surface area contributed by atoms with E-state index in [9.17, 15) is 0 Å². The van der Waals surface area contributed by atoms with Gasteiger partial charge in [-0.3, -0.25) is 0 Å². The molecular formula is C6H11NO3. The van der Waals surface area contributed by atoms with Crippen LogP contribution < -0.4 is 5.73 Å². The Morgan fingerprint density at radius 3 is 2.50 bits per heavy atom. The molecule has 0 aliphatic carbocycles. The van der Waals surface area contributed by atoms with Crippen LogP contribution in [0.1, 0.15) is 6.92 Å². The molecule has 2 atom stereocenters. The van der Waals surface area contributed by atoms with Crippen LogP contribution in [-0.2, 0) is 4.74 Å². The Morgan fingerprint density at radius 2 is 2.30 bits per heavy atom. The molecule has 4 N–H and O–H groups in total. The highest BCUT2D eigenvalue weighted by atomic mass is 16.5. The summed E-state index contributed by atoms with van der Waals surface area (Å²) < 4.78 is 4.99. The molecule has 0 fully saturated rings. The molecule has 1 unspecified atom stereocenters. The molecule has 58 valence electrons. The predicted octanol–water partition coefficient (Wildman–Crippen LogP) is -0.506. The van der Waals surface area contributed by atoms with Crippen LogP contribution in [0.2, 0.25) is 0 Å². The van der Waals surface area contributed by atoms with E-state index < -0.39 is 6.04 Å². The summed E-state index contributed by atoms with van der Waals surface area (Å²) in [5.41, 5.74) is 5.44. The molecule has 4 heteroatoms. The maximum Gasteiger partial charge on any atom is 0.161 e. The summed E-state index contributed by atoms with van der Waals surface area (Å²) in [6, 6.07) is -0.484. The molecule has 0 saturated heterocycles. The van der Waals surface area contributed by atoms with E-state index in [1.807, 2.05) is 0 Å². The second kappa shape index (κ2) is 2.48. The van der Waals surface area contributed by atoms with Crippen molar-refractivity contribution in [2.24, 2.45) is 5.73 Å². The third-order valence-corrected chi connectivity index (χ3v) is 1.58. The maximum absolute atomic E-state index is 9.10. The molecule has 0 bridgehead atoms. The average molecular weight is 145 g/mol. The largest absolute Gasteiger partial charge is 0.507 e. The Kier molecular flexibility index (Phi) is 1.82. The average Bonchev–Trinajstić information content (AvgIpc) is 2.17. The van der Waals surface area contributed by atoms with Crippen molar-refractivity contribution in [3.63, 3.8) is 0 Å². The van der Waals surface area contributed by atoms with Gasteiger partial charge < -0.3 is 20.7 Å². The molecule has 10 heavy (non-hydrogen) atoms. The molecule has 4 nitrogen and oxygen atoms in total. The van der Waals surface area contributed by atoms with Gasteiger partial charge in [0.2, 0.25) is 0 Å². The molecule has 1 heterocycles. The Morgan fingerprint density at radius 1 is 1.70 bits per heavy atom. The Bertz CT molecular complexity index is 166. The lowest BCUT2D eigenvalue weighted by Gasteiger charge is -2.08. The van der Waals surface area contributed by atoms with Gasteiger partial charge in [0.25, 0.3) is 0 Å². The molecule has 1 aliphatic rings. The van der Waals surface area contributed by atoms with Crippen LogP contribution in [-0.4, -0.2) is 29.0 Å². The van der Waals surface area contributed by atoms with E-state index in [0.29, 0.717) is 0 Å². The van der Waals surface area contributed by atoms with Crippen molar-refractivity contribution >= 4 is 0 Å². The van der Waals surface area contributed by atoms with Crippen molar-refractivity contribution in [2.75, 3.05) is 6.61 Å². The summed E-state index contributed by atoms with van der Waals surface area (Å²) in [6.07, 6.45) is -0.234. The highest BCUT2D eigenvalue weighted by Crippen LogP contribution is 2.20. The first-order valence-electron chi connectivity index (χ1n) is 3.12. The zero-order valence-electron chi connectivity index (χ0n) is 5.74. The lowest BCUT2D eigenvalue weighted by Crippen LogP contribution is -2.30. The molecule has 0 amide bonds. The van der Waals surface area contributed by atoms with Gasteiger partial charge in [0, 0.05) is 0 Å². The van der Waals surface area contributed by atoms with Gasteiger partial charge >= 0.3 is 0 Å². The van der Waals surface area contributed by atoms with E-state index in [0.717, 1.165) is 0 Å². The lowest BCUT2D eigenvalue weighted by atomic mass is 10.2. The van der Waals surface area contributed by atoms with Gasteiger partial charge in [-0.05, 0) is 6.92 Å². The van der Waals surface area contributed by atoms with Crippen LogP contribution in [0.4, 0.5) is 0 Å². The molecule has 0 aromatic carbocycles. The van der Waals surface area contributed by atoms with E-state index in [2.05, 4.69) is 0 Å². The molecule has 0 saturated carbocycles. The number of hydrogen-bond acceptors (Lipinski definition) is 4. The van der Waals surface area contributed by atoms with Crippen molar-refractivity contribution in [1.82, 2.24) is 0 Å². The molecule has 1 rings (SSSR count). The fourth-order valence-corrected chi connectivity index (χ4v) is 0.885. The highest BCUT2D eigenvalue weighted by molar-refractivity contribution is 5.15. The van der Waals surface area contributed by atoms with Gasteiger partial charge in [-0.1, -0.05) is 0 Å². The van der Waals surface area contributed by atoms with Crippen LogP contribution in [0.25, 0.3) is 0 Å². The van der Waals surface area contributed by atoms with Crippen LogP contribution >= 0.6 is 0 Å². The molecular weight excluding hydrogens is 134 g/mol. The third-order valence-electron chi connectivity index (χ3n) is 1.58. The Labute approximate surface area is 58.9 Å². The number of hydrogen-bond donors (Lipinski definition) is 3. The van der Waals surface area contributed by atoms with E-state index >= 15 is 0 Å². The molecule has 0 aromatic rings. The van der Waals surface area contributed by atoms with Crippen LogP contribution in [0.15, 0.2) is 11.5 Å². The van der Waals surface area contributed by atoms with Crippen molar-refractivity contribution in [1.29, 1.82) is 0 Å². The second-order valence-electron chi connectivity index (χ2n) is 2.32. The van der Waals surface area contributed by atoms with E-state index in [4.69, 9.17) is 20.7 Å². The quantitative estimate of drug-likeness (QED) is 0.464. The summed E-state index contributed by atoms with van der Waals surface area (Å²) in [4.78, 5) is 0. The van der Waals surface area contributed by atoms with Gasteiger partial charge in [0.05, 0.1) is 0 Å². The van der Waals surface area contributed by atoms with E-state index in [1.165, 1.54) is 0 Å². The second-order valence-corrected chi connectivity index (χ2v) is 2.32. The van der Waals surface area contributed by atoms with Gasteiger partial charge in [0.1, 0.15) is 18.8 Å². The summed E-state index contributed by atoms with van der Waals surface area (Å²) in [5.74, 6) is 0.162. The van der Waals surface area contributed by atoms with E-state index in [-0.39, 0.29) is 24.2 Å². The zero-order chi connectivity index (χ0) is 7.72. The topological polar surface area (TPSA) is 75.7 Å². The van der Waals surface area contributed by atoms with Gasteiger partial charge in [0.15, 0.2) is 11.5 Å². The number of nitrogens with two attached hydrogens (primary N) is 1. The van der Waals surface area contributed by atoms with Crippen LogP contribution in [0, 0.1) is 0 Å². The SMILES string of the molecule is C[C@@H]1OC(CO)=C(O)C1N. The third kappa shape index (κ3) is 0.955. The van der Waals surface area contributed by atoms with Crippen molar-refractivity contribution < 1.29 is 14.9 Å². The normalized spacial score (nSPS) is 32.7. The number of rotatable bonds is 1. The monoisotopic (exact) mass is 145 g/mol. The number of aliphatic hydroxyl groups excluding tert-OH is 2. The smallest absolute Gasteiger partial charge is 0.161 e. The van der Waals surface area contributed by atoms with Crippen molar-refractivity contribution in [2.45, 2.75) is 19.1 Å².